The molecule has 3 aliphatic heterocycles. The van der Waals surface area contributed by atoms with E-state index in [1.165, 1.54) is 13.1 Å². The lowest BCUT2D eigenvalue weighted by Gasteiger charge is -2.47. The van der Waals surface area contributed by atoms with Gasteiger partial charge in [-0.05, 0) is 72.7 Å². The van der Waals surface area contributed by atoms with Crippen molar-refractivity contribution in [1.29, 1.82) is 0 Å². The molecule has 292 valence electrons. The van der Waals surface area contributed by atoms with Crippen LogP contribution < -0.4 is 0 Å². The molecule has 4 rings (SSSR count). The number of likely N-dealkylation sites (N-methyl/N-ethyl adjacent to an activating group) is 1. The minimum absolute atomic E-state index is 0.0637. The van der Waals surface area contributed by atoms with Gasteiger partial charge in [-0.3, -0.25) is 14.6 Å². The zero-order valence-corrected chi connectivity index (χ0v) is 31.9. The van der Waals surface area contributed by atoms with E-state index in [0.717, 1.165) is 0 Å². The molecule has 52 heavy (non-hydrogen) atoms. The first-order chi connectivity index (χ1) is 24.3. The van der Waals surface area contributed by atoms with Crippen LogP contribution in [0.25, 0.3) is 0 Å². The number of aromatic nitrogens is 1. The number of pyridine rings is 1. The van der Waals surface area contributed by atoms with Gasteiger partial charge in [0.15, 0.2) is 18.0 Å². The van der Waals surface area contributed by atoms with Gasteiger partial charge in [0.05, 0.1) is 35.9 Å². The number of carbonyl (C=O) groups is 3. The molecule has 0 aromatic carbocycles. The van der Waals surface area contributed by atoms with E-state index in [2.05, 4.69) is 10.1 Å². The van der Waals surface area contributed by atoms with Crippen molar-refractivity contribution in [2.24, 2.45) is 28.8 Å². The van der Waals surface area contributed by atoms with Crippen molar-refractivity contribution in [3.63, 3.8) is 0 Å². The number of oxime groups is 1. The first-order valence-electron chi connectivity index (χ1n) is 18.1. The fraction of sp³-hybridized carbons (Fsp3) is 0.757. The van der Waals surface area contributed by atoms with Crippen molar-refractivity contribution in [3.8, 4) is 0 Å². The summed E-state index contributed by atoms with van der Waals surface area (Å²) in [5.74, 6) is -4.85. The zero-order chi connectivity index (χ0) is 38.7. The highest BCUT2D eigenvalue weighted by molar-refractivity contribution is 5.89. The first-order valence-corrected chi connectivity index (χ1v) is 18.1. The van der Waals surface area contributed by atoms with Crippen LogP contribution in [0.5, 0.6) is 0 Å². The summed E-state index contributed by atoms with van der Waals surface area (Å²) in [7, 11) is 3.68. The minimum atomic E-state index is -1.79. The summed E-state index contributed by atoms with van der Waals surface area (Å²) in [5.41, 5.74) is -2.49. The molecule has 3 saturated heterocycles. The number of hydrogen-bond donors (Lipinski definition) is 3. The number of ether oxygens (including phenoxy) is 6. The minimum Gasteiger partial charge on any atom is -0.461 e. The van der Waals surface area contributed by atoms with Gasteiger partial charge in [0.2, 0.25) is 0 Å². The molecule has 3 aliphatic rings. The van der Waals surface area contributed by atoms with Crippen LogP contribution in [-0.2, 0) is 44.4 Å². The van der Waals surface area contributed by atoms with Gasteiger partial charge in [-0.25, -0.2) is 4.79 Å². The molecule has 1 aromatic rings. The Labute approximate surface area is 305 Å². The number of cyclic esters (lactones) is 1. The molecule has 0 spiro atoms. The summed E-state index contributed by atoms with van der Waals surface area (Å²) in [4.78, 5) is 46.3. The first kappa shape index (κ1) is 41.4. The van der Waals surface area contributed by atoms with Gasteiger partial charge < -0.3 is 48.7 Å². The topological polar surface area (TPSA) is 196 Å². The smallest absolute Gasteiger partial charge is 0.461 e. The molecule has 0 bridgehead atoms. The third-order valence-electron chi connectivity index (χ3n) is 11.0. The third-order valence-corrected chi connectivity index (χ3v) is 11.0. The molecule has 0 amide bonds. The maximum atomic E-state index is 14.1. The predicted molar refractivity (Wildman–Crippen MR) is 186 cm³/mol. The van der Waals surface area contributed by atoms with Gasteiger partial charge in [0, 0.05) is 36.2 Å². The summed E-state index contributed by atoms with van der Waals surface area (Å²) in [6, 6.07) is 3.08. The van der Waals surface area contributed by atoms with E-state index >= 15 is 0 Å². The fourth-order valence-electron chi connectivity index (χ4n) is 8.29. The van der Waals surface area contributed by atoms with Crippen LogP contribution in [-0.4, -0.2) is 123 Å². The van der Waals surface area contributed by atoms with Gasteiger partial charge in [-0.2, -0.15) is 0 Å². The van der Waals surface area contributed by atoms with Gasteiger partial charge in [-0.15, -0.1) is 0 Å². The Morgan fingerprint density at radius 2 is 1.81 bits per heavy atom. The average Bonchev–Trinajstić information content (AvgIpc) is 3.39. The lowest BCUT2D eigenvalue weighted by Crippen LogP contribution is -2.60. The van der Waals surface area contributed by atoms with Crippen LogP contribution in [0.4, 0.5) is 4.79 Å². The maximum Gasteiger partial charge on any atom is 0.509 e. The normalized spacial score (nSPS) is 41.4. The Morgan fingerprint density at radius 1 is 1.12 bits per heavy atom. The highest BCUT2D eigenvalue weighted by atomic mass is 16.8. The standard InChI is InChI=1S/C37H57N3O12/c1-11-26-37(8)32(51-35(44)52-37)21(4)28(39-46)19(2)17-36(7,45)31(50-34-29(42)25(40(9)10)15-20(3)47-34)22(5)30(23(6)33(43)48-26)49-27(41)16-24-13-12-14-38-18-24/h12-14,18-23,25-26,29-32,34,42,45-46H,11,15-17H2,1-10H3/b39-28+/t19-,20-,21-,22+,23-,25+,26+,29-,30+,31-,32-,34+,36+,37-/m1/s1. The van der Waals surface area contributed by atoms with E-state index in [1.807, 2.05) is 25.9 Å². The van der Waals surface area contributed by atoms with Gasteiger partial charge in [0.25, 0.3) is 0 Å². The Bertz CT molecular complexity index is 1430. The Hall–Kier alpha value is -3.37. The van der Waals surface area contributed by atoms with E-state index in [-0.39, 0.29) is 37.1 Å². The molecule has 15 nitrogen and oxygen atoms in total. The third kappa shape index (κ3) is 8.87. The van der Waals surface area contributed by atoms with Crippen LogP contribution in [0.15, 0.2) is 29.7 Å². The molecule has 0 unspecified atom stereocenters. The van der Waals surface area contributed by atoms with Gasteiger partial charge in [-0.1, -0.05) is 38.9 Å². The van der Waals surface area contributed by atoms with Crippen molar-refractivity contribution in [2.75, 3.05) is 14.1 Å². The summed E-state index contributed by atoms with van der Waals surface area (Å²) < 4.78 is 36.2. The molecular formula is C37H57N3O12. The molecule has 0 saturated carbocycles. The summed E-state index contributed by atoms with van der Waals surface area (Å²) in [6.07, 6.45) is -4.47. The number of carbonyl (C=O) groups excluding carboxylic acids is 3. The highest BCUT2D eigenvalue weighted by Crippen LogP contribution is 2.42. The number of rotatable bonds is 7. The maximum absolute atomic E-state index is 14.1. The predicted octanol–water partition coefficient (Wildman–Crippen LogP) is 3.49. The lowest BCUT2D eigenvalue weighted by molar-refractivity contribution is -0.299. The van der Waals surface area contributed by atoms with E-state index in [0.29, 0.717) is 12.0 Å². The largest absolute Gasteiger partial charge is 0.509 e. The van der Waals surface area contributed by atoms with Crippen LogP contribution in [0.3, 0.4) is 0 Å². The molecule has 4 heterocycles. The van der Waals surface area contributed by atoms with E-state index in [4.69, 9.17) is 28.4 Å². The number of hydrogen-bond acceptors (Lipinski definition) is 15. The lowest BCUT2D eigenvalue weighted by atomic mass is 9.73. The second kappa shape index (κ2) is 16.8. The van der Waals surface area contributed by atoms with Crippen molar-refractivity contribution in [2.45, 2.75) is 141 Å². The summed E-state index contributed by atoms with van der Waals surface area (Å²) in [5, 5.41) is 37.9. The van der Waals surface area contributed by atoms with Crippen molar-refractivity contribution < 1.29 is 58.2 Å². The molecule has 0 radical (unpaired) electrons. The molecule has 14 atom stereocenters. The van der Waals surface area contributed by atoms with Crippen molar-refractivity contribution >= 4 is 23.8 Å². The van der Waals surface area contributed by atoms with Crippen molar-refractivity contribution in [1.82, 2.24) is 9.88 Å². The number of nitrogens with zero attached hydrogens (tertiary/aromatic N) is 3. The Morgan fingerprint density at radius 3 is 2.40 bits per heavy atom. The van der Waals surface area contributed by atoms with Gasteiger partial charge in [0.1, 0.15) is 18.3 Å². The van der Waals surface area contributed by atoms with E-state index in [9.17, 15) is 29.8 Å². The molecule has 3 fully saturated rings. The molecular weight excluding hydrogens is 678 g/mol. The Kier molecular flexibility index (Phi) is 13.3. The number of esters is 2. The SMILES string of the molecule is CC[C@@H]1OC(=O)[C@H](C)[C@@H](OC(=O)Cc2cccnc2)[C@H](C)[C@@H](O[C@@H]2O[C@H](C)C[C@H](N(C)C)[C@H]2O)[C@@](C)(O)C[C@@H](C)/C(=N\O)[C@@H](C)[C@H]2OC(=O)O[C@]12C. The van der Waals surface area contributed by atoms with Crippen molar-refractivity contribution in [3.05, 3.63) is 30.1 Å². The highest BCUT2D eigenvalue weighted by Gasteiger charge is 2.59. The second-order valence-corrected chi connectivity index (χ2v) is 15.5. The van der Waals surface area contributed by atoms with Gasteiger partial charge >= 0.3 is 18.1 Å². The molecule has 15 heteroatoms. The summed E-state index contributed by atoms with van der Waals surface area (Å²) in [6.45, 7) is 13.5. The van der Waals surface area contributed by atoms with Crippen LogP contribution >= 0.6 is 0 Å². The number of fused-ring (bicyclic) bond motifs is 1. The summed E-state index contributed by atoms with van der Waals surface area (Å²) >= 11 is 0. The second-order valence-electron chi connectivity index (χ2n) is 15.5. The van der Waals surface area contributed by atoms with Crippen LogP contribution in [0.1, 0.15) is 80.2 Å². The number of aliphatic hydroxyl groups excluding tert-OH is 1. The van der Waals surface area contributed by atoms with E-state index < -0.39 is 89.8 Å². The van der Waals surface area contributed by atoms with E-state index in [1.54, 1.807) is 59.9 Å². The monoisotopic (exact) mass is 735 g/mol. The fourth-order valence-corrected chi connectivity index (χ4v) is 8.29. The van der Waals surface area contributed by atoms with Crippen LogP contribution in [0.2, 0.25) is 0 Å². The molecule has 0 aliphatic carbocycles. The molecule has 3 N–H and O–H groups in total. The average molecular weight is 736 g/mol. The Balaban J connectivity index is 1.83. The number of aliphatic hydroxyl groups is 2. The molecule has 1 aromatic heterocycles. The van der Waals surface area contributed by atoms with Crippen LogP contribution in [0, 0.1) is 23.7 Å². The zero-order valence-electron chi connectivity index (χ0n) is 31.9. The quantitative estimate of drug-likeness (QED) is 0.159.